The molecule has 1 radical (unpaired) electrons. The Morgan fingerprint density at radius 2 is 2.00 bits per heavy atom. The van der Waals surface area contributed by atoms with Crippen molar-refractivity contribution in [2.45, 2.75) is 46.5 Å². The highest BCUT2D eigenvalue weighted by Gasteiger charge is 2.29. The fraction of sp³-hybridized carbons (Fsp3) is 0.615. The summed E-state index contributed by atoms with van der Waals surface area (Å²) in [5.41, 5.74) is 7.69. The van der Waals surface area contributed by atoms with Gasteiger partial charge in [0.25, 0.3) is 0 Å². The van der Waals surface area contributed by atoms with Gasteiger partial charge in [0.15, 0.2) is 0 Å². The molecule has 0 aliphatic heterocycles. The van der Waals surface area contributed by atoms with Crippen LogP contribution in [0.5, 0.6) is 0 Å². The summed E-state index contributed by atoms with van der Waals surface area (Å²) >= 11 is 0. The Balaban J connectivity index is 2.96. The third-order valence-electron chi connectivity index (χ3n) is 2.49. The van der Waals surface area contributed by atoms with Gasteiger partial charge in [-0.2, -0.15) is 0 Å². The fourth-order valence-corrected chi connectivity index (χ4v) is 2.57. The Morgan fingerprint density at radius 1 is 1.35 bits per heavy atom. The topological polar surface area (TPSA) is 48.1 Å². The van der Waals surface area contributed by atoms with Crippen LogP contribution in [0.4, 0.5) is 0 Å². The summed E-state index contributed by atoms with van der Waals surface area (Å²) in [7, 11) is -0.743. The fourth-order valence-electron chi connectivity index (χ4n) is 1.63. The Bertz CT molecular complexity index is 343. The zero-order valence-corrected chi connectivity index (χ0v) is 12.4. The third kappa shape index (κ3) is 4.22. The van der Waals surface area contributed by atoms with Crippen LogP contribution in [-0.2, 0) is 11.0 Å². The molecule has 1 unspecified atom stereocenters. The van der Waals surface area contributed by atoms with E-state index < -0.39 is 9.04 Å². The SMILES string of the molecule is C[Si](C)OC(c1ccc(CN)cn1)C(C)(C)C. The van der Waals surface area contributed by atoms with Gasteiger partial charge >= 0.3 is 0 Å². The van der Waals surface area contributed by atoms with Crippen LogP contribution in [0.2, 0.25) is 13.1 Å². The van der Waals surface area contributed by atoms with E-state index in [1.54, 1.807) is 0 Å². The van der Waals surface area contributed by atoms with Crippen LogP contribution in [0.1, 0.15) is 38.1 Å². The van der Waals surface area contributed by atoms with Gasteiger partial charge in [-0.1, -0.05) is 26.8 Å². The molecule has 2 N–H and O–H groups in total. The van der Waals surface area contributed by atoms with Gasteiger partial charge in [-0.25, -0.2) is 0 Å². The smallest absolute Gasteiger partial charge is 0.205 e. The van der Waals surface area contributed by atoms with Crippen LogP contribution in [-0.4, -0.2) is 14.0 Å². The summed E-state index contributed by atoms with van der Waals surface area (Å²) in [6.07, 6.45) is 1.90. The average molecular weight is 251 g/mol. The normalized spacial score (nSPS) is 14.1. The van der Waals surface area contributed by atoms with Crippen molar-refractivity contribution in [2.75, 3.05) is 0 Å². The quantitative estimate of drug-likeness (QED) is 0.837. The maximum absolute atomic E-state index is 6.08. The second kappa shape index (κ2) is 5.75. The first-order valence-corrected chi connectivity index (χ1v) is 8.37. The number of rotatable bonds is 4. The van der Waals surface area contributed by atoms with Gasteiger partial charge in [0.05, 0.1) is 11.8 Å². The number of aromatic nitrogens is 1. The number of hydrogen-bond acceptors (Lipinski definition) is 3. The summed E-state index contributed by atoms with van der Waals surface area (Å²) in [5, 5.41) is 0. The van der Waals surface area contributed by atoms with Crippen molar-refractivity contribution in [3.63, 3.8) is 0 Å². The highest BCUT2D eigenvalue weighted by atomic mass is 28.3. The molecule has 0 saturated heterocycles. The number of nitrogens with zero attached hydrogens (tertiary/aromatic N) is 1. The summed E-state index contributed by atoms with van der Waals surface area (Å²) in [4.78, 5) is 4.48. The molecule has 1 heterocycles. The molecule has 1 aromatic rings. The Kier molecular flexibility index (Phi) is 4.86. The van der Waals surface area contributed by atoms with Crippen molar-refractivity contribution in [1.29, 1.82) is 0 Å². The molecule has 0 spiro atoms. The molecule has 3 nitrogen and oxygen atoms in total. The molecule has 0 aliphatic carbocycles. The summed E-state index contributed by atoms with van der Waals surface area (Å²) in [5.74, 6) is 0. The van der Waals surface area contributed by atoms with Crippen LogP contribution >= 0.6 is 0 Å². The lowest BCUT2D eigenvalue weighted by Gasteiger charge is -2.32. The van der Waals surface area contributed by atoms with Gasteiger partial charge in [0, 0.05) is 12.7 Å². The van der Waals surface area contributed by atoms with Crippen molar-refractivity contribution in [3.05, 3.63) is 29.6 Å². The van der Waals surface area contributed by atoms with E-state index in [-0.39, 0.29) is 11.5 Å². The van der Waals surface area contributed by atoms with Gasteiger partial charge in [-0.15, -0.1) is 0 Å². The highest BCUT2D eigenvalue weighted by molar-refractivity contribution is 6.48. The zero-order valence-electron chi connectivity index (χ0n) is 11.4. The molecule has 1 aromatic heterocycles. The van der Waals surface area contributed by atoms with E-state index in [0.717, 1.165) is 11.3 Å². The van der Waals surface area contributed by atoms with E-state index in [1.807, 2.05) is 18.3 Å². The Labute approximate surface area is 106 Å². The van der Waals surface area contributed by atoms with Crippen LogP contribution < -0.4 is 5.73 Å². The van der Waals surface area contributed by atoms with Gasteiger partial charge < -0.3 is 10.2 Å². The largest absolute Gasteiger partial charge is 0.408 e. The summed E-state index contributed by atoms with van der Waals surface area (Å²) < 4.78 is 6.08. The van der Waals surface area contributed by atoms with Gasteiger partial charge in [0.2, 0.25) is 9.04 Å². The minimum absolute atomic E-state index is 0.0539. The monoisotopic (exact) mass is 251 g/mol. The lowest BCUT2D eigenvalue weighted by molar-refractivity contribution is 0.0827. The van der Waals surface area contributed by atoms with Crippen LogP contribution in [0, 0.1) is 5.41 Å². The van der Waals surface area contributed by atoms with Crippen molar-refractivity contribution in [2.24, 2.45) is 11.1 Å². The van der Waals surface area contributed by atoms with Gasteiger partial charge in [0.1, 0.15) is 0 Å². The lowest BCUT2D eigenvalue weighted by atomic mass is 9.87. The van der Waals surface area contributed by atoms with E-state index in [4.69, 9.17) is 10.2 Å². The summed E-state index contributed by atoms with van der Waals surface area (Å²) in [6, 6.07) is 4.06. The molecule has 1 rings (SSSR count). The Hall–Kier alpha value is -0.713. The third-order valence-corrected chi connectivity index (χ3v) is 3.20. The minimum Gasteiger partial charge on any atom is -0.408 e. The van der Waals surface area contributed by atoms with Crippen molar-refractivity contribution in [1.82, 2.24) is 4.98 Å². The molecular formula is C13H23N2OSi. The minimum atomic E-state index is -0.743. The predicted molar refractivity (Wildman–Crippen MR) is 72.9 cm³/mol. The maximum Gasteiger partial charge on any atom is 0.205 e. The molecule has 0 amide bonds. The predicted octanol–water partition coefficient (Wildman–Crippen LogP) is 2.90. The molecule has 0 bridgehead atoms. The average Bonchev–Trinajstić information content (AvgIpc) is 2.24. The van der Waals surface area contributed by atoms with Crippen LogP contribution in [0.25, 0.3) is 0 Å². The summed E-state index contributed by atoms with van der Waals surface area (Å²) in [6.45, 7) is 11.4. The molecule has 0 saturated carbocycles. The molecule has 4 heteroatoms. The second-order valence-electron chi connectivity index (χ2n) is 5.57. The molecule has 0 fully saturated rings. The van der Waals surface area contributed by atoms with Crippen LogP contribution in [0.3, 0.4) is 0 Å². The first kappa shape index (κ1) is 14.3. The Morgan fingerprint density at radius 3 is 2.35 bits per heavy atom. The van der Waals surface area contributed by atoms with Gasteiger partial charge in [-0.05, 0) is 30.1 Å². The van der Waals surface area contributed by atoms with Crippen molar-refractivity contribution >= 4 is 9.04 Å². The first-order chi connectivity index (χ1) is 7.84. The molecule has 0 aromatic carbocycles. The lowest BCUT2D eigenvalue weighted by Crippen LogP contribution is -2.26. The van der Waals surface area contributed by atoms with E-state index >= 15 is 0 Å². The zero-order chi connectivity index (χ0) is 13.1. The standard InChI is InChI=1S/C13H23N2OSi/c1-13(2,3)12(16-17(4)5)11-7-6-10(8-14)9-15-11/h6-7,9,12H,8,14H2,1-5H3. The molecular weight excluding hydrogens is 228 g/mol. The van der Waals surface area contributed by atoms with Crippen molar-refractivity contribution in [3.8, 4) is 0 Å². The first-order valence-electron chi connectivity index (χ1n) is 5.96. The molecule has 95 valence electrons. The van der Waals surface area contributed by atoms with E-state index in [9.17, 15) is 0 Å². The highest BCUT2D eigenvalue weighted by Crippen LogP contribution is 2.35. The number of nitrogens with two attached hydrogens (primary N) is 1. The van der Waals surface area contributed by atoms with E-state index in [2.05, 4.69) is 38.8 Å². The van der Waals surface area contributed by atoms with E-state index in [1.165, 1.54) is 0 Å². The molecule has 0 aliphatic rings. The molecule has 1 atom stereocenters. The number of hydrogen-bond donors (Lipinski definition) is 1. The van der Waals surface area contributed by atoms with E-state index in [0.29, 0.717) is 6.54 Å². The second-order valence-corrected chi connectivity index (χ2v) is 7.62. The molecule has 17 heavy (non-hydrogen) atoms. The number of pyridine rings is 1. The maximum atomic E-state index is 6.08. The van der Waals surface area contributed by atoms with Gasteiger partial charge in [-0.3, -0.25) is 4.98 Å². The van der Waals surface area contributed by atoms with Crippen molar-refractivity contribution < 1.29 is 4.43 Å². The van der Waals surface area contributed by atoms with Crippen LogP contribution in [0.15, 0.2) is 18.3 Å².